The lowest BCUT2D eigenvalue weighted by Crippen LogP contribution is -2.50. The molecule has 0 spiro atoms. The van der Waals surface area contributed by atoms with E-state index in [0.717, 1.165) is 0 Å². The van der Waals surface area contributed by atoms with Gasteiger partial charge in [0.25, 0.3) is 5.91 Å². The predicted octanol–water partition coefficient (Wildman–Crippen LogP) is 3.80. The minimum Gasteiger partial charge on any atom is -0.480 e. The van der Waals surface area contributed by atoms with Gasteiger partial charge in [0.15, 0.2) is 5.78 Å². The Morgan fingerprint density at radius 1 is 1.19 bits per heavy atom. The SMILES string of the molecule is CSC1=C(N[C@@H](Cc2ccc(NC(=O)c3c(Cl)cncc3Cl)cn2)C(=O)O)C(C)(C)C1=O. The number of aromatic nitrogens is 2. The van der Waals surface area contributed by atoms with Crippen LogP contribution in [0.2, 0.25) is 10.0 Å². The second-order valence-electron chi connectivity index (χ2n) is 7.57. The smallest absolute Gasteiger partial charge is 0.326 e. The van der Waals surface area contributed by atoms with Gasteiger partial charge in [-0.05, 0) is 32.2 Å². The van der Waals surface area contributed by atoms with Crippen molar-refractivity contribution in [3.63, 3.8) is 0 Å². The van der Waals surface area contributed by atoms with E-state index in [9.17, 15) is 19.5 Å². The number of carboxylic acid groups (broad SMARTS) is 1. The molecule has 0 aromatic carbocycles. The van der Waals surface area contributed by atoms with Gasteiger partial charge in [0.05, 0.1) is 37.8 Å². The zero-order valence-electron chi connectivity index (χ0n) is 17.4. The van der Waals surface area contributed by atoms with Crippen molar-refractivity contribution in [1.29, 1.82) is 0 Å². The van der Waals surface area contributed by atoms with Crippen molar-refractivity contribution in [2.45, 2.75) is 26.3 Å². The van der Waals surface area contributed by atoms with Crippen molar-refractivity contribution in [1.82, 2.24) is 15.3 Å². The van der Waals surface area contributed by atoms with Crippen molar-refractivity contribution in [3.05, 3.63) is 62.6 Å². The number of rotatable bonds is 8. The Morgan fingerprint density at radius 3 is 2.38 bits per heavy atom. The predicted molar refractivity (Wildman–Crippen MR) is 124 cm³/mol. The molecule has 0 unspecified atom stereocenters. The van der Waals surface area contributed by atoms with Crippen LogP contribution in [0, 0.1) is 5.41 Å². The second-order valence-corrected chi connectivity index (χ2v) is 9.20. The molecule has 0 saturated heterocycles. The number of ketones is 1. The maximum absolute atomic E-state index is 12.5. The minimum atomic E-state index is -1.06. The Labute approximate surface area is 198 Å². The fourth-order valence-corrected chi connectivity index (χ4v) is 4.69. The number of hydrogen-bond acceptors (Lipinski definition) is 7. The molecule has 1 aliphatic rings. The first kappa shape index (κ1) is 24.0. The van der Waals surface area contributed by atoms with Crippen molar-refractivity contribution < 1.29 is 19.5 Å². The molecule has 2 aromatic heterocycles. The fraction of sp³-hybridized carbons (Fsp3) is 0.286. The van der Waals surface area contributed by atoms with E-state index >= 15 is 0 Å². The summed E-state index contributed by atoms with van der Waals surface area (Å²) in [7, 11) is 0. The molecule has 3 N–H and O–H groups in total. The molecule has 2 aromatic rings. The number of Topliss-reactive ketones (excluding diaryl/α,β-unsaturated/α-hetero) is 1. The van der Waals surface area contributed by atoms with E-state index in [0.29, 0.717) is 22.0 Å². The number of carboxylic acids is 1. The van der Waals surface area contributed by atoms with Gasteiger partial charge in [-0.3, -0.25) is 19.6 Å². The Morgan fingerprint density at radius 2 is 1.84 bits per heavy atom. The van der Waals surface area contributed by atoms with Gasteiger partial charge in [-0.15, -0.1) is 11.8 Å². The van der Waals surface area contributed by atoms with E-state index < -0.39 is 23.3 Å². The highest BCUT2D eigenvalue weighted by Crippen LogP contribution is 2.45. The van der Waals surface area contributed by atoms with Crippen molar-refractivity contribution >= 4 is 58.3 Å². The summed E-state index contributed by atoms with van der Waals surface area (Å²) in [5.74, 6) is -1.59. The highest BCUT2D eigenvalue weighted by atomic mass is 35.5. The Balaban J connectivity index is 1.71. The van der Waals surface area contributed by atoms with Crippen LogP contribution in [-0.2, 0) is 16.0 Å². The number of amides is 1. The van der Waals surface area contributed by atoms with Crippen LogP contribution >= 0.6 is 35.0 Å². The number of aliphatic carboxylic acids is 1. The van der Waals surface area contributed by atoms with E-state index in [1.54, 1.807) is 32.2 Å². The highest BCUT2D eigenvalue weighted by molar-refractivity contribution is 8.03. The van der Waals surface area contributed by atoms with E-state index in [2.05, 4.69) is 20.6 Å². The summed E-state index contributed by atoms with van der Waals surface area (Å²) in [5.41, 5.74) is 0.858. The van der Waals surface area contributed by atoms with Crippen LogP contribution in [0.25, 0.3) is 0 Å². The number of anilines is 1. The number of hydrogen-bond donors (Lipinski definition) is 3. The average molecular weight is 495 g/mol. The Hall–Kier alpha value is -2.62. The summed E-state index contributed by atoms with van der Waals surface area (Å²) >= 11 is 13.3. The lowest BCUT2D eigenvalue weighted by Gasteiger charge is -2.39. The molecule has 3 rings (SSSR count). The maximum atomic E-state index is 12.5. The molecule has 0 fully saturated rings. The van der Waals surface area contributed by atoms with Crippen LogP contribution in [0.1, 0.15) is 29.9 Å². The molecule has 0 saturated carbocycles. The van der Waals surface area contributed by atoms with Gasteiger partial charge in [0.2, 0.25) is 0 Å². The number of nitrogens with zero attached hydrogens (tertiary/aromatic N) is 2. The number of nitrogens with one attached hydrogen (secondary N) is 2. The van der Waals surface area contributed by atoms with Crippen LogP contribution in [0.15, 0.2) is 41.3 Å². The summed E-state index contributed by atoms with van der Waals surface area (Å²) < 4.78 is 0. The molecule has 11 heteroatoms. The largest absolute Gasteiger partial charge is 0.480 e. The summed E-state index contributed by atoms with van der Waals surface area (Å²) in [5, 5.41) is 15.5. The summed E-state index contributed by atoms with van der Waals surface area (Å²) in [4.78, 5) is 45.0. The monoisotopic (exact) mass is 494 g/mol. The number of carbonyl (C=O) groups is 3. The number of allylic oxidation sites excluding steroid dienone is 2. The van der Waals surface area contributed by atoms with Gasteiger partial charge in [-0.2, -0.15) is 0 Å². The Kier molecular flexibility index (Phi) is 7.12. The van der Waals surface area contributed by atoms with Gasteiger partial charge in [0, 0.05) is 30.2 Å². The summed E-state index contributed by atoms with van der Waals surface area (Å²) in [6, 6.07) is 2.25. The topological polar surface area (TPSA) is 121 Å². The van der Waals surface area contributed by atoms with E-state index in [4.69, 9.17) is 23.2 Å². The van der Waals surface area contributed by atoms with E-state index in [1.807, 2.05) is 0 Å². The lowest BCUT2D eigenvalue weighted by molar-refractivity contribution is -0.139. The molecule has 168 valence electrons. The van der Waals surface area contributed by atoms with Crippen molar-refractivity contribution in [2.24, 2.45) is 5.41 Å². The first-order valence-corrected chi connectivity index (χ1v) is 11.4. The first-order chi connectivity index (χ1) is 15.1. The van der Waals surface area contributed by atoms with Crippen LogP contribution in [-0.4, -0.2) is 45.0 Å². The zero-order valence-corrected chi connectivity index (χ0v) is 19.7. The normalized spacial score (nSPS) is 15.7. The third-order valence-electron chi connectivity index (χ3n) is 5.02. The van der Waals surface area contributed by atoms with Gasteiger partial charge >= 0.3 is 5.97 Å². The number of thioether (sulfide) groups is 1. The first-order valence-electron chi connectivity index (χ1n) is 9.44. The molecule has 8 nitrogen and oxygen atoms in total. The van der Waals surface area contributed by atoms with Gasteiger partial charge in [-0.1, -0.05) is 23.2 Å². The summed E-state index contributed by atoms with van der Waals surface area (Å²) in [6.07, 6.45) is 5.91. The average Bonchev–Trinajstić information content (AvgIpc) is 2.73. The van der Waals surface area contributed by atoms with E-state index in [-0.39, 0.29) is 27.8 Å². The molecule has 1 atom stereocenters. The minimum absolute atomic E-state index is 0.00994. The third kappa shape index (κ3) is 4.74. The van der Waals surface area contributed by atoms with Crippen LogP contribution < -0.4 is 10.6 Å². The molecule has 0 aliphatic heterocycles. The van der Waals surface area contributed by atoms with Crippen LogP contribution in [0.5, 0.6) is 0 Å². The highest BCUT2D eigenvalue weighted by Gasteiger charge is 2.47. The quantitative estimate of drug-likeness (QED) is 0.506. The van der Waals surface area contributed by atoms with Crippen LogP contribution in [0.3, 0.4) is 0 Å². The molecule has 1 amide bonds. The Bertz CT molecular complexity index is 1100. The molecule has 0 radical (unpaired) electrons. The van der Waals surface area contributed by atoms with E-state index in [1.165, 1.54) is 30.4 Å². The maximum Gasteiger partial charge on any atom is 0.326 e. The molecule has 0 bridgehead atoms. The fourth-order valence-electron chi connectivity index (χ4n) is 3.20. The summed E-state index contributed by atoms with van der Waals surface area (Å²) in [6.45, 7) is 3.51. The van der Waals surface area contributed by atoms with Gasteiger partial charge in [-0.25, -0.2) is 4.79 Å². The standard InChI is InChI=1S/C21H20Cl2N4O4S/c1-21(2)17(16(32-3)18(21)28)27-14(20(30)31)6-10-4-5-11(7-25-10)26-19(29)15-12(22)8-24-9-13(15)23/h4-5,7-9,14,27H,6H2,1-3H3,(H,26,29)(H,30,31)/t14-/m0/s1. The number of pyridine rings is 2. The lowest BCUT2D eigenvalue weighted by atomic mass is 9.74. The zero-order chi connectivity index (χ0) is 23.6. The number of halogens is 2. The van der Waals surface area contributed by atoms with Gasteiger partial charge < -0.3 is 15.7 Å². The van der Waals surface area contributed by atoms with Crippen molar-refractivity contribution in [3.8, 4) is 0 Å². The molecular weight excluding hydrogens is 475 g/mol. The molecular formula is C21H20Cl2N4O4S. The molecule has 1 aliphatic carbocycles. The molecule has 2 heterocycles. The molecule has 32 heavy (non-hydrogen) atoms. The van der Waals surface area contributed by atoms with Gasteiger partial charge in [0.1, 0.15) is 6.04 Å². The van der Waals surface area contributed by atoms with Crippen molar-refractivity contribution in [2.75, 3.05) is 11.6 Å². The third-order valence-corrected chi connectivity index (χ3v) is 6.39. The number of carbonyl (C=O) groups excluding carboxylic acids is 2. The van der Waals surface area contributed by atoms with Crippen LogP contribution in [0.4, 0.5) is 5.69 Å². The second kappa shape index (κ2) is 9.48.